The molecule has 5 nitrogen and oxygen atoms in total. The van der Waals surface area contributed by atoms with Crippen molar-refractivity contribution in [2.24, 2.45) is 5.73 Å². The van der Waals surface area contributed by atoms with Crippen LogP contribution >= 0.6 is 0 Å². The van der Waals surface area contributed by atoms with Crippen LogP contribution in [0.25, 0.3) is 0 Å². The molecule has 6 N–H and O–H groups in total. The van der Waals surface area contributed by atoms with E-state index in [2.05, 4.69) is 0 Å². The molecule has 11 heavy (non-hydrogen) atoms. The fraction of sp³-hybridized carbons (Fsp3) is 1.00. The lowest BCUT2D eigenvalue weighted by Crippen LogP contribution is -2.50. The molecule has 4 unspecified atom stereocenters. The van der Waals surface area contributed by atoms with Crippen LogP contribution < -0.4 is 5.73 Å². The van der Waals surface area contributed by atoms with Crippen LogP contribution in [0, 0.1) is 0 Å². The molecular weight excluding hydrogens is 150 g/mol. The zero-order valence-electron chi connectivity index (χ0n) is 6.38. The molecule has 0 spiro atoms. The smallest absolute Gasteiger partial charge is 0.104 e. The molecule has 4 atom stereocenters. The van der Waals surface area contributed by atoms with Crippen molar-refractivity contribution in [1.82, 2.24) is 0 Å². The highest BCUT2D eigenvalue weighted by Crippen LogP contribution is 2.01. The fourth-order valence-corrected chi connectivity index (χ4v) is 0.650. The van der Waals surface area contributed by atoms with E-state index in [1.165, 1.54) is 6.92 Å². The molecule has 0 rings (SSSR count). The monoisotopic (exact) mass is 165 g/mol. The molecule has 68 valence electrons. The number of hydrogen-bond acceptors (Lipinski definition) is 5. The summed E-state index contributed by atoms with van der Waals surface area (Å²) >= 11 is 0. The maximum atomic E-state index is 9.06. The summed E-state index contributed by atoms with van der Waals surface area (Å²) in [5.74, 6) is 0. The molecule has 0 aromatic rings. The second-order valence-electron chi connectivity index (χ2n) is 2.56. The van der Waals surface area contributed by atoms with Crippen molar-refractivity contribution in [3.8, 4) is 0 Å². The van der Waals surface area contributed by atoms with Gasteiger partial charge in [-0.15, -0.1) is 0 Å². The Morgan fingerprint density at radius 2 is 1.73 bits per heavy atom. The quantitative estimate of drug-likeness (QED) is 0.314. The van der Waals surface area contributed by atoms with E-state index in [1.807, 2.05) is 0 Å². The van der Waals surface area contributed by atoms with Crippen LogP contribution in [0.4, 0.5) is 0 Å². The molecule has 0 aromatic carbocycles. The van der Waals surface area contributed by atoms with Gasteiger partial charge in [0.15, 0.2) is 0 Å². The number of nitrogens with two attached hydrogens (primary N) is 1. The third kappa shape index (κ3) is 3.13. The van der Waals surface area contributed by atoms with Gasteiger partial charge in [0.2, 0.25) is 0 Å². The lowest BCUT2D eigenvalue weighted by molar-refractivity contribution is -0.0458. The summed E-state index contributed by atoms with van der Waals surface area (Å²) in [7, 11) is 0. The first-order valence-corrected chi connectivity index (χ1v) is 3.41. The van der Waals surface area contributed by atoms with Crippen molar-refractivity contribution in [2.45, 2.75) is 31.3 Å². The summed E-state index contributed by atoms with van der Waals surface area (Å²) in [4.78, 5) is 0. The summed E-state index contributed by atoms with van der Waals surface area (Å²) in [6.07, 6.45) is -3.49. The van der Waals surface area contributed by atoms with Crippen molar-refractivity contribution in [1.29, 1.82) is 0 Å². The van der Waals surface area contributed by atoms with Gasteiger partial charge in [-0.25, -0.2) is 0 Å². The second kappa shape index (κ2) is 4.63. The van der Waals surface area contributed by atoms with Crippen LogP contribution in [0.5, 0.6) is 0 Å². The highest BCUT2D eigenvalue weighted by Gasteiger charge is 2.25. The summed E-state index contributed by atoms with van der Waals surface area (Å²) in [5, 5.41) is 35.2. The molecule has 0 radical (unpaired) electrons. The van der Waals surface area contributed by atoms with E-state index in [-0.39, 0.29) is 0 Å². The molecule has 0 aliphatic rings. The zero-order valence-corrected chi connectivity index (χ0v) is 6.38. The molecule has 0 fully saturated rings. The lowest BCUT2D eigenvalue weighted by atomic mass is 10.0. The normalized spacial score (nSPS) is 22.4. The van der Waals surface area contributed by atoms with E-state index >= 15 is 0 Å². The third-order valence-electron chi connectivity index (χ3n) is 1.53. The molecular formula is C6H15NO4. The average Bonchev–Trinajstić information content (AvgIpc) is 2.00. The first-order chi connectivity index (χ1) is 5.00. The highest BCUT2D eigenvalue weighted by molar-refractivity contribution is 4.81. The van der Waals surface area contributed by atoms with Gasteiger partial charge in [-0.05, 0) is 6.92 Å². The SMILES string of the molecule is CC(O)C(N)C(O)C(O)CO. The summed E-state index contributed by atoms with van der Waals surface area (Å²) in [5.41, 5.74) is 5.27. The maximum Gasteiger partial charge on any atom is 0.104 e. The van der Waals surface area contributed by atoms with Crippen LogP contribution in [0.3, 0.4) is 0 Å². The Balaban J connectivity index is 3.90. The van der Waals surface area contributed by atoms with Gasteiger partial charge in [0.1, 0.15) is 6.10 Å². The third-order valence-corrected chi connectivity index (χ3v) is 1.53. The molecule has 0 aliphatic heterocycles. The molecule has 0 aromatic heterocycles. The summed E-state index contributed by atoms with van der Waals surface area (Å²) in [6.45, 7) is 0.833. The van der Waals surface area contributed by atoms with Gasteiger partial charge in [-0.1, -0.05) is 0 Å². The average molecular weight is 165 g/mol. The van der Waals surface area contributed by atoms with Crippen molar-refractivity contribution >= 4 is 0 Å². The van der Waals surface area contributed by atoms with Gasteiger partial charge < -0.3 is 26.2 Å². The van der Waals surface area contributed by atoms with Crippen LogP contribution in [0.1, 0.15) is 6.92 Å². The predicted octanol–water partition coefficient (Wildman–Crippen LogP) is -2.59. The second-order valence-corrected chi connectivity index (χ2v) is 2.56. The van der Waals surface area contributed by atoms with Gasteiger partial charge >= 0.3 is 0 Å². The van der Waals surface area contributed by atoms with E-state index in [9.17, 15) is 0 Å². The van der Waals surface area contributed by atoms with E-state index in [0.29, 0.717) is 0 Å². The van der Waals surface area contributed by atoms with Crippen LogP contribution in [-0.4, -0.2) is 51.4 Å². The van der Waals surface area contributed by atoms with Crippen molar-refractivity contribution in [2.75, 3.05) is 6.61 Å². The molecule has 0 heterocycles. The topological polar surface area (TPSA) is 107 Å². The maximum absolute atomic E-state index is 9.06. The first kappa shape index (κ1) is 10.8. The van der Waals surface area contributed by atoms with E-state index in [1.54, 1.807) is 0 Å². The predicted molar refractivity (Wildman–Crippen MR) is 38.8 cm³/mol. The Kier molecular flexibility index (Phi) is 4.55. The van der Waals surface area contributed by atoms with Gasteiger partial charge in [0.05, 0.1) is 24.9 Å². The van der Waals surface area contributed by atoms with Crippen LogP contribution in [0.2, 0.25) is 0 Å². The van der Waals surface area contributed by atoms with E-state index < -0.39 is 31.0 Å². The van der Waals surface area contributed by atoms with Crippen LogP contribution in [-0.2, 0) is 0 Å². The molecule has 0 amide bonds. The minimum atomic E-state index is -1.29. The van der Waals surface area contributed by atoms with Crippen molar-refractivity contribution in [3.63, 3.8) is 0 Å². The molecule has 0 bridgehead atoms. The Morgan fingerprint density at radius 1 is 1.27 bits per heavy atom. The highest BCUT2D eigenvalue weighted by atomic mass is 16.4. The number of hydrogen-bond donors (Lipinski definition) is 5. The Hall–Kier alpha value is -0.200. The number of rotatable bonds is 4. The minimum absolute atomic E-state index is 0.568. The Bertz CT molecular complexity index is 109. The van der Waals surface area contributed by atoms with Gasteiger partial charge in [-0.2, -0.15) is 0 Å². The van der Waals surface area contributed by atoms with Crippen molar-refractivity contribution in [3.05, 3.63) is 0 Å². The lowest BCUT2D eigenvalue weighted by Gasteiger charge is -2.24. The number of aliphatic hydroxyl groups is 4. The Morgan fingerprint density at radius 3 is 2.00 bits per heavy atom. The minimum Gasteiger partial charge on any atom is -0.394 e. The van der Waals surface area contributed by atoms with Gasteiger partial charge in [0, 0.05) is 0 Å². The number of aliphatic hydroxyl groups excluding tert-OH is 4. The van der Waals surface area contributed by atoms with Gasteiger partial charge in [-0.3, -0.25) is 0 Å². The molecule has 0 saturated heterocycles. The molecule has 0 aliphatic carbocycles. The standard InChI is InChI=1S/C6H15NO4/c1-3(9)5(7)6(11)4(10)2-8/h3-6,8-11H,2,7H2,1H3. The van der Waals surface area contributed by atoms with E-state index in [4.69, 9.17) is 26.2 Å². The largest absolute Gasteiger partial charge is 0.394 e. The zero-order chi connectivity index (χ0) is 9.02. The molecule has 5 heteroatoms. The Labute approximate surface area is 65.1 Å². The van der Waals surface area contributed by atoms with Crippen LogP contribution in [0.15, 0.2) is 0 Å². The summed E-state index contributed by atoms with van der Waals surface area (Å²) < 4.78 is 0. The summed E-state index contributed by atoms with van der Waals surface area (Å²) in [6, 6.07) is -0.933. The fourth-order valence-electron chi connectivity index (χ4n) is 0.650. The first-order valence-electron chi connectivity index (χ1n) is 3.41. The van der Waals surface area contributed by atoms with E-state index in [0.717, 1.165) is 0 Å². The van der Waals surface area contributed by atoms with Crippen molar-refractivity contribution < 1.29 is 20.4 Å². The van der Waals surface area contributed by atoms with Gasteiger partial charge in [0.25, 0.3) is 0 Å². The molecule has 0 saturated carbocycles.